The summed E-state index contributed by atoms with van der Waals surface area (Å²) in [5.41, 5.74) is -6.47. The van der Waals surface area contributed by atoms with Gasteiger partial charge in [-0.15, -0.1) is 0 Å². The van der Waals surface area contributed by atoms with E-state index in [0.29, 0.717) is 0 Å². The number of rotatable bonds is 6. The molecule has 0 spiro atoms. The Morgan fingerprint density at radius 2 is 0.689 bits per heavy atom. The van der Waals surface area contributed by atoms with Gasteiger partial charge < -0.3 is 4.74 Å². The molecule has 0 N–H and O–H groups in total. The Balaban J connectivity index is 0.864. The van der Waals surface area contributed by atoms with Crippen LogP contribution in [0.1, 0.15) is 54.3 Å². The second kappa shape index (κ2) is 11.3. The molecule has 316 valence electrons. The Bertz CT molecular complexity index is 2220. The molecule has 4 saturated heterocycles. The van der Waals surface area contributed by atoms with Crippen molar-refractivity contribution in [2.75, 3.05) is 26.2 Å². The molecule has 2 unspecified atom stereocenters. The number of carbonyl (C=O) groups is 8. The Morgan fingerprint density at radius 1 is 0.443 bits per heavy atom. The lowest BCUT2D eigenvalue weighted by Gasteiger charge is -2.53. The van der Waals surface area contributed by atoms with Crippen LogP contribution in [0.2, 0.25) is 0 Å². The van der Waals surface area contributed by atoms with Gasteiger partial charge in [-0.25, -0.2) is 0 Å². The number of benzene rings is 2. The Morgan fingerprint density at radius 3 is 0.934 bits per heavy atom. The summed E-state index contributed by atoms with van der Waals surface area (Å²) >= 11 is 0. The molecular weight excluding hydrogens is 818 g/mol. The van der Waals surface area contributed by atoms with Crippen LogP contribution >= 0.6 is 0 Å². The molecule has 14 atom stereocenters. The normalized spacial score (nSPS) is 41.0. The van der Waals surface area contributed by atoms with Crippen molar-refractivity contribution in [3.8, 4) is 0 Å². The highest BCUT2D eigenvalue weighted by atomic mass is 19.4. The third kappa shape index (κ3) is 3.98. The predicted molar refractivity (Wildman–Crippen MR) is 187 cm³/mol. The average molecular weight is 851 g/mol. The summed E-state index contributed by atoms with van der Waals surface area (Å²) < 4.78 is 102. The summed E-state index contributed by atoms with van der Waals surface area (Å²) in [4.78, 5) is 112. The summed E-state index contributed by atoms with van der Waals surface area (Å²) in [5, 5.41) is 0. The molecule has 6 aliphatic heterocycles. The van der Waals surface area contributed by atoms with Gasteiger partial charge in [0.05, 0.1) is 45.9 Å². The van der Waals surface area contributed by atoms with Crippen molar-refractivity contribution < 1.29 is 69.4 Å². The molecule has 19 heteroatoms. The number of likely N-dealkylation sites (tertiary alicyclic amines) is 2. The Hall–Kier alpha value is -5.46. The molecule has 61 heavy (non-hydrogen) atoms. The number of carbonyl (C=O) groups excluding carboxylic acids is 8. The van der Waals surface area contributed by atoms with Crippen molar-refractivity contribution in [1.82, 2.24) is 19.6 Å². The van der Waals surface area contributed by atoms with Gasteiger partial charge in [-0.3, -0.25) is 58.0 Å². The van der Waals surface area contributed by atoms with Gasteiger partial charge in [0.25, 0.3) is 23.6 Å². The lowest BCUT2D eigenvalue weighted by atomic mass is 9.46. The minimum Gasteiger partial charge on any atom is -0.348 e. The van der Waals surface area contributed by atoms with E-state index in [1.807, 2.05) is 0 Å². The molecule has 2 aromatic carbocycles. The maximum Gasteiger partial charge on any atom is 0.418 e. The first-order valence-corrected chi connectivity index (χ1v) is 20.3. The number of ether oxygens (including phenoxy) is 1. The van der Waals surface area contributed by atoms with Crippen molar-refractivity contribution in [1.29, 1.82) is 0 Å². The lowest BCUT2D eigenvalue weighted by Crippen LogP contribution is -2.66. The molecule has 4 saturated carbocycles. The highest BCUT2D eigenvalue weighted by Crippen LogP contribution is 2.86. The highest BCUT2D eigenvalue weighted by Gasteiger charge is 2.97. The number of hydrogen-bond donors (Lipinski definition) is 0. The number of imide groups is 4. The molecule has 8 amide bonds. The second-order valence-electron chi connectivity index (χ2n) is 18.3. The third-order valence-electron chi connectivity index (χ3n) is 16.6. The third-order valence-corrected chi connectivity index (χ3v) is 16.6. The van der Waals surface area contributed by atoms with Gasteiger partial charge >= 0.3 is 12.4 Å². The molecule has 0 radical (unpaired) electrons. The van der Waals surface area contributed by atoms with Crippen LogP contribution in [0.25, 0.3) is 0 Å². The molecule has 4 aliphatic carbocycles. The van der Waals surface area contributed by atoms with Gasteiger partial charge in [-0.1, -0.05) is 24.3 Å². The minimum absolute atomic E-state index is 0.112. The summed E-state index contributed by atoms with van der Waals surface area (Å²) in [6, 6.07) is 11.9. The zero-order valence-corrected chi connectivity index (χ0v) is 31.5. The van der Waals surface area contributed by atoms with Gasteiger partial charge in [0.2, 0.25) is 23.6 Å². The van der Waals surface area contributed by atoms with E-state index in [0.717, 1.165) is 19.6 Å². The Kier molecular flexibility index (Phi) is 6.92. The number of hydrogen-bond acceptors (Lipinski definition) is 9. The van der Waals surface area contributed by atoms with E-state index in [1.165, 1.54) is 24.3 Å². The van der Waals surface area contributed by atoms with E-state index >= 15 is 26.3 Å². The minimum atomic E-state index is -5.43. The molecule has 12 rings (SSSR count). The highest BCUT2D eigenvalue weighted by molar-refractivity contribution is 6.22. The van der Waals surface area contributed by atoms with E-state index in [4.69, 9.17) is 4.74 Å². The maximum atomic E-state index is 16.1. The van der Waals surface area contributed by atoms with Gasteiger partial charge in [-0.05, 0) is 60.8 Å². The van der Waals surface area contributed by atoms with Crippen LogP contribution in [0.4, 0.5) is 26.3 Å². The first-order valence-electron chi connectivity index (χ1n) is 20.3. The second-order valence-corrected chi connectivity index (χ2v) is 18.3. The first-order chi connectivity index (χ1) is 28.9. The van der Waals surface area contributed by atoms with Crippen LogP contribution in [-0.2, 0) is 23.9 Å². The fourth-order valence-corrected chi connectivity index (χ4v) is 15.0. The van der Waals surface area contributed by atoms with E-state index in [-0.39, 0.29) is 35.1 Å². The predicted octanol–water partition coefficient (Wildman–Crippen LogP) is 3.19. The zero-order valence-electron chi connectivity index (χ0n) is 31.5. The van der Waals surface area contributed by atoms with Crippen LogP contribution in [0.3, 0.4) is 0 Å². The number of fused-ring (bicyclic) bond motifs is 24. The van der Waals surface area contributed by atoms with E-state index < -0.39 is 168 Å². The van der Waals surface area contributed by atoms with Crippen LogP contribution in [0.5, 0.6) is 0 Å². The van der Waals surface area contributed by atoms with Gasteiger partial charge in [0.1, 0.15) is 0 Å². The molecule has 6 bridgehead atoms. The van der Waals surface area contributed by atoms with E-state index in [2.05, 4.69) is 0 Å². The van der Waals surface area contributed by atoms with Crippen LogP contribution in [0.15, 0.2) is 48.5 Å². The molecule has 6 heterocycles. The van der Waals surface area contributed by atoms with Crippen molar-refractivity contribution in [2.24, 2.45) is 71.0 Å². The van der Waals surface area contributed by atoms with Crippen LogP contribution in [0, 0.1) is 71.0 Å². The van der Waals surface area contributed by atoms with Crippen molar-refractivity contribution in [2.45, 2.75) is 36.4 Å². The summed E-state index contributed by atoms with van der Waals surface area (Å²) in [6.45, 7) is -1.85. The standard InChI is InChI=1S/C42H32F6N4O9/c43-41(44,45)39-27-19-13-20(24-23(19)35(57)51(36(24)58)11-9-49-31(53)15-5-1-2-6-16(15)32(49)54)28(27)40(61-39,42(46,47)48)30-22-14-21(29(30)39)25-26(22)38(60)52(37(25)59)12-10-50-33(55)17-7-3-4-8-18(17)34(50)56/h1-8,19-30H,9-14H2/t19-,20+,21+,22-,23-,24+,25+,26-,27-,28+,29+,30-,39?,40?. The summed E-state index contributed by atoms with van der Waals surface area (Å²) in [7, 11) is 0. The summed E-state index contributed by atoms with van der Waals surface area (Å²) in [5.74, 6) is -24.8. The van der Waals surface area contributed by atoms with E-state index in [9.17, 15) is 38.4 Å². The SMILES string of the molecule is O=C1c2ccccc2C(=O)N1CCN1C(=O)[C@@H]2[C@H]3C[C@@H]([C@@H]2C1=O)[C@H]1[C@@H]3C2(C(F)(F)F)OC1(C(F)(F)F)[C@@H]1[C@@H]3C[C@@H]([C@@H]4C(=O)N(CCN5C(=O)c6ccccc6C5=O)C(=O)[C@H]34)[C@@H]12. The lowest BCUT2D eigenvalue weighted by molar-refractivity contribution is -0.329. The largest absolute Gasteiger partial charge is 0.418 e. The molecule has 0 aromatic heterocycles. The van der Waals surface area contributed by atoms with E-state index in [1.54, 1.807) is 24.3 Å². The Labute approximate surface area is 340 Å². The van der Waals surface area contributed by atoms with Crippen LogP contribution in [-0.4, -0.2) is 117 Å². The molecular formula is C42H32F6N4O9. The summed E-state index contributed by atoms with van der Waals surface area (Å²) in [6.07, 6.45) is -11.4. The first kappa shape index (κ1) is 37.3. The zero-order chi connectivity index (χ0) is 42.8. The quantitative estimate of drug-likeness (QED) is 0.315. The fourth-order valence-electron chi connectivity index (χ4n) is 15.0. The monoisotopic (exact) mass is 850 g/mol. The molecule has 8 fully saturated rings. The maximum absolute atomic E-state index is 16.1. The van der Waals surface area contributed by atoms with Crippen molar-refractivity contribution in [3.63, 3.8) is 0 Å². The molecule has 2 aromatic rings. The smallest absolute Gasteiger partial charge is 0.348 e. The number of nitrogens with zero attached hydrogens (tertiary/aromatic N) is 4. The molecule has 13 nitrogen and oxygen atoms in total. The topological polar surface area (TPSA) is 159 Å². The van der Waals surface area contributed by atoms with Gasteiger partial charge in [-0.2, -0.15) is 26.3 Å². The fraction of sp³-hybridized carbons (Fsp3) is 0.524. The average Bonchev–Trinajstić information content (AvgIpc) is 4.10. The van der Waals surface area contributed by atoms with Crippen molar-refractivity contribution >= 4 is 47.3 Å². The van der Waals surface area contributed by atoms with Crippen LogP contribution < -0.4 is 0 Å². The number of amides is 8. The molecule has 10 aliphatic rings. The van der Waals surface area contributed by atoms with Gasteiger partial charge in [0, 0.05) is 49.9 Å². The van der Waals surface area contributed by atoms with Gasteiger partial charge in [0.15, 0.2) is 11.2 Å². The van der Waals surface area contributed by atoms with Crippen molar-refractivity contribution in [3.05, 3.63) is 70.8 Å². The number of halogens is 6. The number of alkyl halides is 6.